The minimum absolute atomic E-state index is 0.233. The highest BCUT2D eigenvalue weighted by molar-refractivity contribution is 7.85. The third kappa shape index (κ3) is 10.2. The van der Waals surface area contributed by atoms with Crippen LogP contribution in [0.2, 0.25) is 0 Å². The van der Waals surface area contributed by atoms with E-state index in [0.29, 0.717) is 37.0 Å². The molecule has 0 fully saturated rings. The quantitative estimate of drug-likeness (QED) is 0.389. The topological polar surface area (TPSA) is 80.7 Å². The molecule has 0 amide bonds. The number of carbonyl (C=O) groups is 1. The van der Waals surface area contributed by atoms with Crippen molar-refractivity contribution in [2.75, 3.05) is 39.5 Å². The van der Waals surface area contributed by atoms with Crippen molar-refractivity contribution >= 4 is 16.1 Å². The van der Waals surface area contributed by atoms with E-state index in [1.165, 1.54) is 0 Å². The molecule has 0 rings (SSSR count). The highest BCUT2D eigenvalue weighted by atomic mass is 32.2. The number of likely N-dealkylation sites (N-methyl/N-ethyl adjacent to an activating group) is 1. The average molecular weight is 268 g/mol. The van der Waals surface area contributed by atoms with E-state index in [0.717, 1.165) is 0 Å². The Morgan fingerprint density at radius 3 is 2.35 bits per heavy atom. The molecule has 0 aromatic carbocycles. The smallest absolute Gasteiger partial charge is 0.305 e. The van der Waals surface area contributed by atoms with Crippen molar-refractivity contribution in [1.82, 2.24) is 0 Å². The second kappa shape index (κ2) is 6.93. The second-order valence-electron chi connectivity index (χ2n) is 4.60. The molecule has 7 heteroatoms. The molecular weight excluding hydrogens is 246 g/mol. The van der Waals surface area contributed by atoms with Crippen LogP contribution in [0, 0.1) is 0 Å². The van der Waals surface area contributed by atoms with Gasteiger partial charge in [-0.2, -0.15) is 8.42 Å². The van der Waals surface area contributed by atoms with Gasteiger partial charge in [-0.3, -0.25) is 9.35 Å². The molecule has 0 aliphatic heterocycles. The lowest BCUT2D eigenvalue weighted by atomic mass is 10.3. The lowest BCUT2D eigenvalue weighted by Crippen LogP contribution is -2.43. The Morgan fingerprint density at radius 1 is 1.29 bits per heavy atom. The van der Waals surface area contributed by atoms with Crippen molar-refractivity contribution in [2.45, 2.75) is 19.8 Å². The molecule has 102 valence electrons. The summed E-state index contributed by atoms with van der Waals surface area (Å²) in [5, 5.41) is 0. The van der Waals surface area contributed by atoms with Crippen LogP contribution in [0.4, 0.5) is 0 Å². The van der Waals surface area contributed by atoms with Crippen LogP contribution < -0.4 is 0 Å². The summed E-state index contributed by atoms with van der Waals surface area (Å²) in [4.78, 5) is 10.9. The highest BCUT2D eigenvalue weighted by Crippen LogP contribution is 2.01. The van der Waals surface area contributed by atoms with E-state index in [4.69, 9.17) is 9.29 Å². The predicted molar refractivity (Wildman–Crippen MR) is 64.1 cm³/mol. The number of hydrogen-bond acceptors (Lipinski definition) is 4. The van der Waals surface area contributed by atoms with Gasteiger partial charge in [0.25, 0.3) is 10.1 Å². The Morgan fingerprint density at radius 2 is 1.88 bits per heavy atom. The van der Waals surface area contributed by atoms with Crippen LogP contribution in [0.15, 0.2) is 0 Å². The standard InChI is InChI=1S/C10H21NO5S/c1-4-10(12)16-8-7-11(2,3)6-5-9-17(13,14)15/h4-9H2,1-3H3/p+1. The van der Waals surface area contributed by atoms with Crippen LogP contribution in [-0.4, -0.2) is 63.0 Å². The lowest BCUT2D eigenvalue weighted by molar-refractivity contribution is -0.890. The van der Waals surface area contributed by atoms with E-state index in [-0.39, 0.29) is 11.7 Å². The molecule has 0 saturated carbocycles. The van der Waals surface area contributed by atoms with Gasteiger partial charge in [0, 0.05) is 12.8 Å². The molecule has 6 nitrogen and oxygen atoms in total. The fraction of sp³-hybridized carbons (Fsp3) is 0.900. The Kier molecular flexibility index (Phi) is 6.66. The van der Waals surface area contributed by atoms with Crippen molar-refractivity contribution in [3.8, 4) is 0 Å². The number of rotatable bonds is 8. The molecule has 1 N–H and O–H groups in total. The maximum absolute atomic E-state index is 10.9. The molecule has 0 atom stereocenters. The van der Waals surface area contributed by atoms with E-state index in [9.17, 15) is 13.2 Å². The van der Waals surface area contributed by atoms with Crippen molar-refractivity contribution in [1.29, 1.82) is 0 Å². The predicted octanol–water partition coefficient (Wildman–Crippen LogP) is 0.294. The van der Waals surface area contributed by atoms with Gasteiger partial charge in [-0.25, -0.2) is 0 Å². The van der Waals surface area contributed by atoms with Crippen LogP contribution in [-0.2, 0) is 19.6 Å². The highest BCUT2D eigenvalue weighted by Gasteiger charge is 2.17. The normalized spacial score (nSPS) is 12.5. The van der Waals surface area contributed by atoms with Gasteiger partial charge < -0.3 is 9.22 Å². The van der Waals surface area contributed by atoms with Crippen LogP contribution in [0.3, 0.4) is 0 Å². The summed E-state index contributed by atoms with van der Waals surface area (Å²) < 4.78 is 35.2. The van der Waals surface area contributed by atoms with Gasteiger partial charge in [0.15, 0.2) is 0 Å². The third-order valence-electron chi connectivity index (χ3n) is 2.41. The molecular formula is C10H22NO5S+. The molecule has 0 aliphatic carbocycles. The number of ether oxygens (including phenoxy) is 1. The minimum atomic E-state index is -3.88. The summed E-state index contributed by atoms with van der Waals surface area (Å²) in [5.74, 6) is -0.466. The first kappa shape index (κ1) is 16.3. The number of carbonyl (C=O) groups excluding carboxylic acids is 1. The fourth-order valence-corrected chi connectivity index (χ4v) is 1.79. The molecule has 0 bridgehead atoms. The monoisotopic (exact) mass is 268 g/mol. The molecule has 0 spiro atoms. The Balaban J connectivity index is 3.84. The second-order valence-corrected chi connectivity index (χ2v) is 6.17. The third-order valence-corrected chi connectivity index (χ3v) is 3.22. The molecule has 0 aromatic heterocycles. The largest absolute Gasteiger partial charge is 0.460 e. The van der Waals surface area contributed by atoms with Crippen molar-refractivity contribution in [2.24, 2.45) is 0 Å². The molecule has 0 unspecified atom stereocenters. The van der Waals surface area contributed by atoms with E-state index >= 15 is 0 Å². The van der Waals surface area contributed by atoms with Crippen LogP contribution >= 0.6 is 0 Å². The van der Waals surface area contributed by atoms with E-state index in [1.807, 2.05) is 14.1 Å². The maximum atomic E-state index is 10.9. The van der Waals surface area contributed by atoms with Gasteiger partial charge in [0.1, 0.15) is 13.2 Å². The van der Waals surface area contributed by atoms with Gasteiger partial charge in [0.2, 0.25) is 0 Å². The van der Waals surface area contributed by atoms with E-state index < -0.39 is 10.1 Å². The molecule has 17 heavy (non-hydrogen) atoms. The summed E-state index contributed by atoms with van der Waals surface area (Å²) in [6.45, 7) is 3.28. The number of quaternary nitrogens is 1. The summed E-state index contributed by atoms with van der Waals surface area (Å²) in [5.41, 5.74) is 0. The zero-order valence-corrected chi connectivity index (χ0v) is 11.5. The first-order valence-corrected chi connectivity index (χ1v) is 7.20. The molecule has 0 heterocycles. The van der Waals surface area contributed by atoms with Crippen LogP contribution in [0.1, 0.15) is 19.8 Å². The average Bonchev–Trinajstić information content (AvgIpc) is 2.14. The Labute approximate surface area is 103 Å². The maximum Gasteiger partial charge on any atom is 0.305 e. The first-order chi connectivity index (χ1) is 7.66. The molecule has 0 aliphatic rings. The lowest BCUT2D eigenvalue weighted by Gasteiger charge is -2.29. The fourth-order valence-electron chi connectivity index (χ4n) is 1.30. The molecule has 0 aromatic rings. The Hall–Kier alpha value is -0.660. The summed E-state index contributed by atoms with van der Waals surface area (Å²) in [7, 11) is -0.0390. The van der Waals surface area contributed by atoms with E-state index in [2.05, 4.69) is 0 Å². The van der Waals surface area contributed by atoms with Crippen LogP contribution in [0.25, 0.3) is 0 Å². The van der Waals surface area contributed by atoms with Gasteiger partial charge in [-0.1, -0.05) is 6.92 Å². The van der Waals surface area contributed by atoms with Crippen molar-refractivity contribution in [3.63, 3.8) is 0 Å². The SMILES string of the molecule is CCC(=O)OCC[N+](C)(C)CCCS(=O)(=O)O. The Bertz CT molecular complexity index is 337. The zero-order chi connectivity index (χ0) is 13.5. The first-order valence-electron chi connectivity index (χ1n) is 5.59. The van der Waals surface area contributed by atoms with Crippen molar-refractivity contribution in [3.05, 3.63) is 0 Å². The van der Waals surface area contributed by atoms with E-state index in [1.54, 1.807) is 6.92 Å². The summed E-state index contributed by atoms with van der Waals surface area (Å²) >= 11 is 0. The zero-order valence-electron chi connectivity index (χ0n) is 10.7. The number of nitrogens with zero attached hydrogens (tertiary/aromatic N) is 1. The van der Waals surface area contributed by atoms with Gasteiger partial charge in [-0.05, 0) is 0 Å². The van der Waals surface area contributed by atoms with Gasteiger partial charge in [-0.15, -0.1) is 0 Å². The summed E-state index contributed by atoms with van der Waals surface area (Å²) in [6.07, 6.45) is 0.740. The molecule has 0 radical (unpaired) electrons. The molecule has 0 saturated heterocycles. The minimum Gasteiger partial charge on any atom is -0.460 e. The summed E-state index contributed by atoms with van der Waals surface area (Å²) in [6, 6.07) is 0. The van der Waals surface area contributed by atoms with Gasteiger partial charge in [0.05, 0.1) is 26.4 Å². The van der Waals surface area contributed by atoms with Crippen LogP contribution in [0.5, 0.6) is 0 Å². The van der Waals surface area contributed by atoms with Gasteiger partial charge >= 0.3 is 5.97 Å². The van der Waals surface area contributed by atoms with Crippen molar-refractivity contribution < 1.29 is 27.0 Å². The number of esters is 1. The number of hydrogen-bond donors (Lipinski definition) is 1.